The normalized spacial score (nSPS) is 10.4. The Balaban J connectivity index is 2.64. The quantitative estimate of drug-likeness (QED) is 0.671. The third-order valence-corrected chi connectivity index (χ3v) is 2.37. The molecule has 0 spiro atoms. The molecule has 0 aliphatic rings. The first-order valence-electron chi connectivity index (χ1n) is 5.01. The number of amides is 1. The first-order valence-corrected chi connectivity index (χ1v) is 5.39. The molecule has 0 heterocycles. The maximum atomic E-state index is 13.3. The molecule has 0 unspecified atom stereocenters. The summed E-state index contributed by atoms with van der Waals surface area (Å²) in [5.41, 5.74) is 0.118. The highest BCUT2D eigenvalue weighted by Crippen LogP contribution is 2.20. The van der Waals surface area contributed by atoms with Gasteiger partial charge in [0.1, 0.15) is 12.4 Å². The highest BCUT2D eigenvalue weighted by Gasteiger charge is 2.05. The Morgan fingerprint density at radius 1 is 1.50 bits per heavy atom. The molecule has 6 heteroatoms. The van der Waals surface area contributed by atoms with E-state index in [4.69, 9.17) is 11.6 Å². The number of ether oxygens (including phenoxy) is 1. The standard InChI is InChI=1S/C12H11ClFNO3/c1-18-12(17)7-15-11(16)6-5-8-9(13)3-2-4-10(8)14/h2-6H,7H2,1H3,(H,15,16)/b6-5+. The summed E-state index contributed by atoms with van der Waals surface area (Å²) >= 11 is 5.77. The summed E-state index contributed by atoms with van der Waals surface area (Å²) in [7, 11) is 1.21. The van der Waals surface area contributed by atoms with E-state index in [1.165, 1.54) is 31.4 Å². The number of carbonyl (C=O) groups is 2. The molecule has 0 saturated heterocycles. The van der Waals surface area contributed by atoms with E-state index < -0.39 is 17.7 Å². The second kappa shape index (κ2) is 6.76. The molecule has 0 aliphatic heterocycles. The molecular formula is C12H11ClFNO3. The largest absolute Gasteiger partial charge is 0.468 e. The van der Waals surface area contributed by atoms with Gasteiger partial charge in [0.15, 0.2) is 0 Å². The Kier molecular flexibility index (Phi) is 5.32. The zero-order valence-corrected chi connectivity index (χ0v) is 10.3. The van der Waals surface area contributed by atoms with Crippen LogP contribution in [0.3, 0.4) is 0 Å². The van der Waals surface area contributed by atoms with Gasteiger partial charge in [-0.2, -0.15) is 0 Å². The minimum atomic E-state index is -0.569. The molecule has 4 nitrogen and oxygen atoms in total. The summed E-state index contributed by atoms with van der Waals surface area (Å²) in [6.07, 6.45) is 2.33. The minimum Gasteiger partial charge on any atom is -0.468 e. The summed E-state index contributed by atoms with van der Waals surface area (Å²) in [5.74, 6) is -1.64. The van der Waals surface area contributed by atoms with Crippen molar-refractivity contribution >= 4 is 29.6 Å². The van der Waals surface area contributed by atoms with Crippen LogP contribution in [0.15, 0.2) is 24.3 Å². The van der Waals surface area contributed by atoms with Crippen LogP contribution in [0.5, 0.6) is 0 Å². The molecule has 1 aromatic rings. The van der Waals surface area contributed by atoms with Crippen molar-refractivity contribution in [3.63, 3.8) is 0 Å². The molecule has 0 aliphatic carbocycles. The Bertz CT molecular complexity index is 468. The van der Waals surface area contributed by atoms with Crippen LogP contribution in [0.4, 0.5) is 4.39 Å². The van der Waals surface area contributed by atoms with Gasteiger partial charge in [0, 0.05) is 11.6 Å². The van der Waals surface area contributed by atoms with Crippen LogP contribution in [0.2, 0.25) is 5.02 Å². The number of rotatable bonds is 4. The lowest BCUT2D eigenvalue weighted by molar-refractivity contribution is -0.140. The van der Waals surface area contributed by atoms with Crippen LogP contribution in [0.1, 0.15) is 5.56 Å². The number of carbonyl (C=O) groups excluding carboxylic acids is 2. The number of hydrogen-bond acceptors (Lipinski definition) is 3. The predicted molar refractivity (Wildman–Crippen MR) is 65.5 cm³/mol. The van der Waals surface area contributed by atoms with Crippen LogP contribution in [0.25, 0.3) is 6.08 Å². The minimum absolute atomic E-state index is 0.118. The monoisotopic (exact) mass is 271 g/mol. The molecule has 0 atom stereocenters. The first-order chi connectivity index (χ1) is 8.54. The van der Waals surface area contributed by atoms with Crippen molar-refractivity contribution < 1.29 is 18.7 Å². The zero-order valence-electron chi connectivity index (χ0n) is 9.57. The zero-order chi connectivity index (χ0) is 13.5. The van der Waals surface area contributed by atoms with Gasteiger partial charge in [-0.15, -0.1) is 0 Å². The molecule has 1 aromatic carbocycles. The van der Waals surface area contributed by atoms with E-state index in [0.717, 1.165) is 6.08 Å². The topological polar surface area (TPSA) is 55.4 Å². The Morgan fingerprint density at radius 2 is 2.22 bits per heavy atom. The summed E-state index contributed by atoms with van der Waals surface area (Å²) in [5, 5.41) is 2.48. The van der Waals surface area contributed by atoms with Gasteiger partial charge in [-0.05, 0) is 18.2 Å². The maximum absolute atomic E-state index is 13.3. The van der Waals surface area contributed by atoms with Gasteiger partial charge in [-0.3, -0.25) is 9.59 Å². The summed E-state index contributed by atoms with van der Waals surface area (Å²) in [6, 6.07) is 4.21. The second-order valence-corrected chi connectivity index (χ2v) is 3.67. The number of benzene rings is 1. The molecule has 1 N–H and O–H groups in total. The van der Waals surface area contributed by atoms with E-state index in [1.54, 1.807) is 0 Å². The van der Waals surface area contributed by atoms with Gasteiger partial charge in [0.05, 0.1) is 12.1 Å². The first kappa shape index (κ1) is 14.2. The van der Waals surface area contributed by atoms with Crippen molar-refractivity contribution in [1.29, 1.82) is 0 Å². The lowest BCUT2D eigenvalue weighted by Crippen LogP contribution is -2.28. The number of methoxy groups -OCH3 is 1. The van der Waals surface area contributed by atoms with Crippen molar-refractivity contribution in [2.24, 2.45) is 0 Å². The third kappa shape index (κ3) is 4.18. The highest BCUT2D eigenvalue weighted by molar-refractivity contribution is 6.32. The molecule has 0 saturated carbocycles. The molecule has 1 amide bonds. The van der Waals surface area contributed by atoms with E-state index in [9.17, 15) is 14.0 Å². The Morgan fingerprint density at radius 3 is 2.83 bits per heavy atom. The molecule has 18 heavy (non-hydrogen) atoms. The van der Waals surface area contributed by atoms with Crippen LogP contribution in [0, 0.1) is 5.82 Å². The number of esters is 1. The van der Waals surface area contributed by atoms with Gasteiger partial charge < -0.3 is 10.1 Å². The van der Waals surface area contributed by atoms with E-state index >= 15 is 0 Å². The van der Waals surface area contributed by atoms with Gasteiger partial charge in [-0.25, -0.2) is 4.39 Å². The lowest BCUT2D eigenvalue weighted by atomic mass is 10.2. The fourth-order valence-corrected chi connectivity index (χ4v) is 1.35. The smallest absolute Gasteiger partial charge is 0.325 e. The number of halogens is 2. The van der Waals surface area contributed by atoms with E-state index in [2.05, 4.69) is 10.1 Å². The third-order valence-electron chi connectivity index (χ3n) is 2.04. The van der Waals surface area contributed by atoms with Crippen LogP contribution in [-0.2, 0) is 14.3 Å². The Hall–Kier alpha value is -1.88. The molecule has 1 rings (SSSR count). The van der Waals surface area contributed by atoms with Gasteiger partial charge in [-0.1, -0.05) is 17.7 Å². The van der Waals surface area contributed by atoms with Crippen molar-refractivity contribution in [2.75, 3.05) is 13.7 Å². The fraction of sp³-hybridized carbons (Fsp3) is 0.167. The number of hydrogen-bond donors (Lipinski definition) is 1. The Labute approximate surface area is 108 Å². The summed E-state index contributed by atoms with van der Waals surface area (Å²) in [6.45, 7) is -0.245. The SMILES string of the molecule is COC(=O)CNC(=O)/C=C/c1c(F)cccc1Cl. The average molecular weight is 272 g/mol. The predicted octanol–water partition coefficient (Wildman–Crippen LogP) is 1.78. The molecule has 96 valence electrons. The van der Waals surface area contributed by atoms with Crippen molar-refractivity contribution in [3.8, 4) is 0 Å². The lowest BCUT2D eigenvalue weighted by Gasteiger charge is -2.01. The molecule has 0 bridgehead atoms. The number of nitrogens with one attached hydrogen (secondary N) is 1. The molecule has 0 aromatic heterocycles. The van der Waals surface area contributed by atoms with Crippen molar-refractivity contribution in [1.82, 2.24) is 5.32 Å². The summed E-state index contributed by atoms with van der Waals surface area (Å²) < 4.78 is 17.7. The molecule has 0 fully saturated rings. The van der Waals surface area contributed by atoms with Crippen LogP contribution < -0.4 is 5.32 Å². The maximum Gasteiger partial charge on any atom is 0.325 e. The average Bonchev–Trinajstić information content (AvgIpc) is 2.35. The van der Waals surface area contributed by atoms with Gasteiger partial charge in [0.25, 0.3) is 0 Å². The molecular weight excluding hydrogens is 261 g/mol. The van der Waals surface area contributed by atoms with E-state index in [0.29, 0.717) is 0 Å². The fourth-order valence-electron chi connectivity index (χ4n) is 1.12. The van der Waals surface area contributed by atoms with E-state index in [-0.39, 0.29) is 17.1 Å². The van der Waals surface area contributed by atoms with Gasteiger partial charge >= 0.3 is 5.97 Å². The van der Waals surface area contributed by atoms with E-state index in [1.807, 2.05) is 0 Å². The van der Waals surface area contributed by atoms with Crippen LogP contribution in [-0.4, -0.2) is 25.5 Å². The summed E-state index contributed by atoms with van der Waals surface area (Å²) in [4.78, 5) is 22.0. The highest BCUT2D eigenvalue weighted by atomic mass is 35.5. The van der Waals surface area contributed by atoms with Crippen LogP contribution >= 0.6 is 11.6 Å². The van der Waals surface area contributed by atoms with Crippen molar-refractivity contribution in [2.45, 2.75) is 0 Å². The second-order valence-electron chi connectivity index (χ2n) is 3.26. The van der Waals surface area contributed by atoms with Gasteiger partial charge in [0.2, 0.25) is 5.91 Å². The van der Waals surface area contributed by atoms with Crippen molar-refractivity contribution in [3.05, 3.63) is 40.7 Å². The molecule has 0 radical (unpaired) electrons.